The maximum atomic E-state index is 12.2. The number of rotatable bonds is 3. The number of benzene rings is 1. The number of fused-ring (bicyclic) bond motifs is 1. The summed E-state index contributed by atoms with van der Waals surface area (Å²) in [7, 11) is 1.34. The second kappa shape index (κ2) is 8.33. The molecule has 7 nitrogen and oxygen atoms in total. The lowest BCUT2D eigenvalue weighted by molar-refractivity contribution is 0.0594. The number of carbonyl (C=O) groups is 2. The molecule has 27 heavy (non-hydrogen) atoms. The molecule has 0 fully saturated rings. The van der Waals surface area contributed by atoms with Crippen LogP contribution in [0.25, 0.3) is 10.9 Å². The number of aryl methyl sites for hydroxylation is 1. The third-order valence-electron chi connectivity index (χ3n) is 3.64. The summed E-state index contributed by atoms with van der Waals surface area (Å²) in [6.07, 6.45) is 6.25. The molecule has 0 atom stereocenters. The molecule has 0 aliphatic heterocycles. The molecule has 0 unspecified atom stereocenters. The minimum atomic E-state index is -0.371. The molecular formula is C19H18N4O3S. The molecule has 1 aromatic carbocycles. The molecule has 0 bridgehead atoms. The van der Waals surface area contributed by atoms with E-state index in [4.69, 9.17) is 0 Å². The Morgan fingerprint density at radius 2 is 2.00 bits per heavy atom. The zero-order valence-electron chi connectivity index (χ0n) is 14.7. The highest BCUT2D eigenvalue weighted by Crippen LogP contribution is 2.19. The van der Waals surface area contributed by atoms with E-state index < -0.39 is 0 Å². The predicted molar refractivity (Wildman–Crippen MR) is 104 cm³/mol. The molecule has 4 aromatic rings. The van der Waals surface area contributed by atoms with Gasteiger partial charge in [-0.2, -0.15) is 0 Å². The monoisotopic (exact) mass is 382 g/mol. The van der Waals surface area contributed by atoms with Crippen LogP contribution in [0.2, 0.25) is 0 Å². The molecule has 0 spiro atoms. The minimum Gasteiger partial charge on any atom is -0.464 e. The number of ketones is 1. The Bertz CT molecular complexity index is 1080. The SMILES string of the molecule is COC(=O)c1csc(C)n1.O=C(c1cnccn1)c1c[nH]c2ccccc12.[HH]. The standard InChI is InChI=1S/C13H9N3O.C6H7NO2S.H2/c17-13(12-8-14-5-6-15-12)10-7-16-11-4-2-1-3-9(10)11;1-4-7-5(3-10-4)6(8)9-2;/h1-8,16H;3H,1-2H3;1H. The van der Waals surface area contributed by atoms with Gasteiger partial charge in [0, 0.05) is 41.9 Å². The molecule has 0 aliphatic carbocycles. The van der Waals surface area contributed by atoms with Crippen molar-refractivity contribution in [2.45, 2.75) is 6.92 Å². The average Bonchev–Trinajstić information content (AvgIpc) is 3.34. The number of aromatic amines is 1. The summed E-state index contributed by atoms with van der Waals surface area (Å²) < 4.78 is 4.45. The Morgan fingerprint density at radius 1 is 1.19 bits per heavy atom. The van der Waals surface area contributed by atoms with E-state index in [-0.39, 0.29) is 13.2 Å². The van der Waals surface area contributed by atoms with Crippen molar-refractivity contribution in [1.29, 1.82) is 0 Å². The number of esters is 1. The molecule has 138 valence electrons. The van der Waals surface area contributed by atoms with Gasteiger partial charge in [0.25, 0.3) is 0 Å². The van der Waals surface area contributed by atoms with Crippen LogP contribution in [0.5, 0.6) is 0 Å². The molecule has 3 heterocycles. The molecule has 0 aliphatic rings. The number of aromatic nitrogens is 4. The van der Waals surface area contributed by atoms with Crippen molar-refractivity contribution in [3.05, 3.63) is 76.4 Å². The lowest BCUT2D eigenvalue weighted by Gasteiger charge is -1.97. The summed E-state index contributed by atoms with van der Waals surface area (Å²) in [5, 5.41) is 3.46. The summed E-state index contributed by atoms with van der Waals surface area (Å²) in [5.41, 5.74) is 2.32. The molecule has 8 heteroatoms. The Hall–Kier alpha value is -3.39. The van der Waals surface area contributed by atoms with Crippen molar-refractivity contribution in [2.75, 3.05) is 7.11 Å². The third-order valence-corrected chi connectivity index (χ3v) is 4.42. The molecule has 1 N–H and O–H groups in total. The zero-order chi connectivity index (χ0) is 19.2. The number of hydrogen-bond acceptors (Lipinski definition) is 7. The number of ether oxygens (including phenoxy) is 1. The van der Waals surface area contributed by atoms with Crippen LogP contribution in [0.4, 0.5) is 0 Å². The van der Waals surface area contributed by atoms with Gasteiger partial charge in [0.2, 0.25) is 5.78 Å². The summed E-state index contributed by atoms with van der Waals surface area (Å²) >= 11 is 1.44. The van der Waals surface area contributed by atoms with Crippen molar-refractivity contribution in [1.82, 2.24) is 19.9 Å². The van der Waals surface area contributed by atoms with Gasteiger partial charge in [0.05, 0.1) is 18.3 Å². The predicted octanol–water partition coefficient (Wildman–Crippen LogP) is 3.67. The van der Waals surface area contributed by atoms with Gasteiger partial charge in [-0.3, -0.25) is 9.78 Å². The second-order valence-corrected chi connectivity index (χ2v) is 6.47. The van der Waals surface area contributed by atoms with E-state index in [9.17, 15) is 9.59 Å². The highest BCUT2D eigenvalue weighted by molar-refractivity contribution is 7.09. The quantitative estimate of drug-likeness (QED) is 0.429. The Balaban J connectivity index is 0.000000221. The van der Waals surface area contributed by atoms with Gasteiger partial charge >= 0.3 is 5.97 Å². The first kappa shape index (κ1) is 18.4. The first-order valence-electron chi connectivity index (χ1n) is 7.97. The van der Waals surface area contributed by atoms with Gasteiger partial charge in [-0.25, -0.2) is 14.8 Å². The topological polar surface area (TPSA) is 97.8 Å². The van der Waals surface area contributed by atoms with Crippen LogP contribution in [-0.2, 0) is 4.74 Å². The zero-order valence-corrected chi connectivity index (χ0v) is 15.5. The van der Waals surface area contributed by atoms with E-state index in [2.05, 4.69) is 24.7 Å². The smallest absolute Gasteiger partial charge is 0.357 e. The highest BCUT2D eigenvalue weighted by atomic mass is 32.1. The fourth-order valence-electron chi connectivity index (χ4n) is 2.38. The van der Waals surface area contributed by atoms with Crippen LogP contribution < -0.4 is 0 Å². The van der Waals surface area contributed by atoms with E-state index in [1.165, 1.54) is 30.8 Å². The number of H-pyrrole nitrogens is 1. The van der Waals surface area contributed by atoms with Gasteiger partial charge in [-0.15, -0.1) is 11.3 Å². The summed E-state index contributed by atoms with van der Waals surface area (Å²) in [6, 6.07) is 7.68. The minimum absolute atomic E-state index is 0. The van der Waals surface area contributed by atoms with Gasteiger partial charge in [0.1, 0.15) is 5.69 Å². The van der Waals surface area contributed by atoms with Crippen LogP contribution in [-0.4, -0.2) is 38.8 Å². The van der Waals surface area contributed by atoms with Gasteiger partial charge in [-0.1, -0.05) is 18.2 Å². The fraction of sp³-hybridized carbons (Fsp3) is 0.105. The van der Waals surface area contributed by atoms with Crippen molar-refractivity contribution in [3.8, 4) is 0 Å². The number of carbonyl (C=O) groups excluding carboxylic acids is 2. The van der Waals surface area contributed by atoms with Gasteiger partial charge < -0.3 is 9.72 Å². The summed E-state index contributed by atoms with van der Waals surface area (Å²) in [6.45, 7) is 1.84. The first-order valence-corrected chi connectivity index (χ1v) is 8.85. The molecule has 0 amide bonds. The lowest BCUT2D eigenvalue weighted by Crippen LogP contribution is -2.03. The van der Waals surface area contributed by atoms with Crippen LogP contribution in [0.3, 0.4) is 0 Å². The van der Waals surface area contributed by atoms with Crippen LogP contribution in [0.15, 0.2) is 54.4 Å². The third kappa shape index (κ3) is 4.24. The first-order chi connectivity index (χ1) is 13.1. The average molecular weight is 382 g/mol. The highest BCUT2D eigenvalue weighted by Gasteiger charge is 2.14. The Kier molecular flexibility index (Phi) is 5.68. The number of thiazole rings is 1. The van der Waals surface area contributed by atoms with Crippen molar-refractivity contribution in [3.63, 3.8) is 0 Å². The second-order valence-electron chi connectivity index (χ2n) is 5.41. The Morgan fingerprint density at radius 3 is 2.67 bits per heavy atom. The molecule has 3 aromatic heterocycles. The maximum Gasteiger partial charge on any atom is 0.357 e. The van der Waals surface area contributed by atoms with E-state index in [0.29, 0.717) is 17.0 Å². The maximum absolute atomic E-state index is 12.2. The summed E-state index contributed by atoms with van der Waals surface area (Å²) in [4.78, 5) is 37.9. The van der Waals surface area contributed by atoms with Crippen molar-refractivity contribution >= 4 is 34.0 Å². The van der Waals surface area contributed by atoms with Crippen molar-refractivity contribution < 1.29 is 15.8 Å². The molecule has 4 rings (SSSR count). The normalized spacial score (nSPS) is 10.1. The van der Waals surface area contributed by atoms with Crippen LogP contribution in [0.1, 0.15) is 33.0 Å². The van der Waals surface area contributed by atoms with Crippen LogP contribution in [0, 0.1) is 6.92 Å². The lowest BCUT2D eigenvalue weighted by atomic mass is 10.1. The molecule has 0 saturated carbocycles. The molecule has 0 saturated heterocycles. The molecular weight excluding hydrogens is 364 g/mol. The largest absolute Gasteiger partial charge is 0.464 e. The number of methoxy groups -OCH3 is 1. The van der Waals surface area contributed by atoms with E-state index in [1.807, 2.05) is 31.2 Å². The van der Waals surface area contributed by atoms with Gasteiger partial charge in [-0.05, 0) is 13.0 Å². The number of nitrogens with one attached hydrogen (secondary N) is 1. The summed E-state index contributed by atoms with van der Waals surface area (Å²) in [5.74, 6) is -0.486. The molecule has 0 radical (unpaired) electrons. The number of para-hydroxylation sites is 1. The van der Waals surface area contributed by atoms with Gasteiger partial charge in [0.15, 0.2) is 5.69 Å². The van der Waals surface area contributed by atoms with E-state index >= 15 is 0 Å². The van der Waals surface area contributed by atoms with E-state index in [0.717, 1.165) is 15.9 Å². The van der Waals surface area contributed by atoms with Crippen LogP contribution >= 0.6 is 11.3 Å². The number of nitrogens with zero attached hydrogens (tertiary/aromatic N) is 3. The van der Waals surface area contributed by atoms with Crippen molar-refractivity contribution in [2.24, 2.45) is 0 Å². The fourth-order valence-corrected chi connectivity index (χ4v) is 2.96. The Labute approximate surface area is 160 Å². The van der Waals surface area contributed by atoms with E-state index in [1.54, 1.807) is 17.8 Å². The number of hydrogen-bond donors (Lipinski definition) is 1.